The van der Waals surface area contributed by atoms with Crippen molar-refractivity contribution in [3.05, 3.63) is 89.3 Å². The molecule has 33 heavy (non-hydrogen) atoms. The number of furan rings is 1. The summed E-state index contributed by atoms with van der Waals surface area (Å²) in [5.74, 6) is 2.39. The second kappa shape index (κ2) is 8.48. The third-order valence-corrected chi connectivity index (χ3v) is 5.84. The highest BCUT2D eigenvalue weighted by Crippen LogP contribution is 2.36. The standard InChI is InChI=1S/C26H20ClN3O3/c1-16-19(6-5-7-20(16)27)22-12-10-18(33-22)15-28-26-25(29-24-8-3-4-13-30(24)26)17-9-11-21(31)23(14-17)32-2/h3-15,31H,1-2H3/b28-15+. The molecule has 5 aromatic rings. The molecule has 0 radical (unpaired) electrons. The summed E-state index contributed by atoms with van der Waals surface area (Å²) in [6, 6.07) is 20.4. The van der Waals surface area contributed by atoms with Crippen LogP contribution in [0.5, 0.6) is 11.5 Å². The fraction of sp³-hybridized carbons (Fsp3) is 0.0769. The first-order valence-corrected chi connectivity index (χ1v) is 10.7. The van der Waals surface area contributed by atoms with E-state index in [-0.39, 0.29) is 5.75 Å². The van der Waals surface area contributed by atoms with Gasteiger partial charge in [-0.05, 0) is 61.0 Å². The van der Waals surface area contributed by atoms with Crippen LogP contribution in [0.2, 0.25) is 5.02 Å². The van der Waals surface area contributed by atoms with Crippen molar-refractivity contribution in [2.75, 3.05) is 7.11 Å². The maximum absolute atomic E-state index is 9.98. The van der Waals surface area contributed by atoms with Crippen molar-refractivity contribution in [3.8, 4) is 34.1 Å². The summed E-state index contributed by atoms with van der Waals surface area (Å²) >= 11 is 6.26. The monoisotopic (exact) mass is 457 g/mol. The van der Waals surface area contributed by atoms with Crippen LogP contribution in [-0.2, 0) is 0 Å². The van der Waals surface area contributed by atoms with Crippen LogP contribution in [0, 0.1) is 6.92 Å². The molecule has 1 N–H and O–H groups in total. The third-order valence-electron chi connectivity index (χ3n) is 5.43. The summed E-state index contributed by atoms with van der Waals surface area (Å²) in [5, 5.41) is 10.7. The van der Waals surface area contributed by atoms with Gasteiger partial charge < -0.3 is 14.3 Å². The van der Waals surface area contributed by atoms with Crippen molar-refractivity contribution in [1.29, 1.82) is 0 Å². The number of hydrogen-bond donors (Lipinski definition) is 1. The van der Waals surface area contributed by atoms with Crippen molar-refractivity contribution >= 4 is 29.3 Å². The van der Waals surface area contributed by atoms with E-state index in [2.05, 4.69) is 0 Å². The van der Waals surface area contributed by atoms with Gasteiger partial charge in [-0.3, -0.25) is 4.40 Å². The summed E-state index contributed by atoms with van der Waals surface area (Å²) in [4.78, 5) is 9.46. The van der Waals surface area contributed by atoms with E-state index in [1.807, 2.05) is 66.1 Å². The van der Waals surface area contributed by atoms with Gasteiger partial charge in [0, 0.05) is 22.3 Å². The maximum atomic E-state index is 9.98. The fourth-order valence-corrected chi connectivity index (χ4v) is 3.87. The third kappa shape index (κ3) is 3.85. The number of ether oxygens (including phenoxy) is 1. The minimum absolute atomic E-state index is 0.0643. The summed E-state index contributed by atoms with van der Waals surface area (Å²) in [6.07, 6.45) is 3.57. The molecule has 0 spiro atoms. The van der Waals surface area contributed by atoms with E-state index in [4.69, 9.17) is 30.7 Å². The number of halogens is 1. The zero-order valence-corrected chi connectivity index (χ0v) is 18.7. The van der Waals surface area contributed by atoms with Crippen LogP contribution in [-0.4, -0.2) is 27.8 Å². The minimum atomic E-state index is 0.0643. The number of phenols is 1. The molecule has 0 aliphatic heterocycles. The van der Waals surface area contributed by atoms with Crippen LogP contribution < -0.4 is 4.74 Å². The zero-order valence-electron chi connectivity index (χ0n) is 18.0. The van der Waals surface area contributed by atoms with Crippen molar-refractivity contribution in [3.63, 3.8) is 0 Å². The summed E-state index contributed by atoms with van der Waals surface area (Å²) in [5.41, 5.74) is 4.08. The molecule has 0 unspecified atom stereocenters. The lowest BCUT2D eigenvalue weighted by molar-refractivity contribution is 0.373. The molecule has 7 heteroatoms. The van der Waals surface area contributed by atoms with Gasteiger partial charge in [-0.1, -0.05) is 29.8 Å². The number of nitrogens with zero attached hydrogens (tertiary/aromatic N) is 3. The molecule has 3 aromatic heterocycles. The quantitative estimate of drug-likeness (QED) is 0.298. The lowest BCUT2D eigenvalue weighted by atomic mass is 10.1. The second-order valence-corrected chi connectivity index (χ2v) is 7.88. The predicted molar refractivity (Wildman–Crippen MR) is 130 cm³/mol. The topological polar surface area (TPSA) is 72.3 Å². The van der Waals surface area contributed by atoms with E-state index in [1.54, 1.807) is 24.4 Å². The summed E-state index contributed by atoms with van der Waals surface area (Å²) < 4.78 is 13.2. The molecule has 0 saturated carbocycles. The van der Waals surface area contributed by atoms with E-state index >= 15 is 0 Å². The van der Waals surface area contributed by atoms with Crippen molar-refractivity contribution < 1.29 is 14.3 Å². The van der Waals surface area contributed by atoms with Crippen LogP contribution >= 0.6 is 11.6 Å². The molecule has 164 valence electrons. The van der Waals surface area contributed by atoms with Gasteiger partial charge in [-0.2, -0.15) is 0 Å². The molecule has 0 atom stereocenters. The molecule has 0 aliphatic carbocycles. The lowest BCUT2D eigenvalue weighted by Gasteiger charge is -2.06. The first kappa shape index (κ1) is 20.8. The number of fused-ring (bicyclic) bond motifs is 1. The van der Waals surface area contributed by atoms with E-state index in [9.17, 15) is 5.11 Å². The average Bonchev–Trinajstić information content (AvgIpc) is 3.44. The summed E-state index contributed by atoms with van der Waals surface area (Å²) in [6.45, 7) is 1.96. The van der Waals surface area contributed by atoms with E-state index in [1.165, 1.54) is 7.11 Å². The Morgan fingerprint density at radius 1 is 1.09 bits per heavy atom. The van der Waals surface area contributed by atoms with Crippen LogP contribution in [0.25, 0.3) is 28.2 Å². The number of aliphatic imine (C=N–C) groups is 1. The largest absolute Gasteiger partial charge is 0.504 e. The van der Waals surface area contributed by atoms with Gasteiger partial charge in [0.05, 0.1) is 13.3 Å². The molecule has 0 bridgehead atoms. The van der Waals surface area contributed by atoms with Crippen LogP contribution in [0.3, 0.4) is 0 Å². The molecule has 2 aromatic carbocycles. The Kier molecular flexibility index (Phi) is 5.36. The normalized spacial score (nSPS) is 11.5. The Bertz CT molecular complexity index is 1500. The SMILES string of the molecule is COc1cc(-c2nc3ccccn3c2/N=C/c2ccc(-c3cccc(Cl)c3C)o2)ccc1O. The second-order valence-electron chi connectivity index (χ2n) is 7.47. The van der Waals surface area contributed by atoms with Gasteiger partial charge in [0.1, 0.15) is 22.9 Å². The first-order valence-electron chi connectivity index (χ1n) is 10.3. The smallest absolute Gasteiger partial charge is 0.165 e. The summed E-state index contributed by atoms with van der Waals surface area (Å²) in [7, 11) is 1.51. The Labute approximate surface area is 195 Å². The number of phenolic OH excluding ortho intramolecular Hbond substituents is 1. The predicted octanol–water partition coefficient (Wildman–Crippen LogP) is 6.69. The number of hydrogen-bond acceptors (Lipinski definition) is 5. The van der Waals surface area contributed by atoms with Crippen molar-refractivity contribution in [2.24, 2.45) is 4.99 Å². The Morgan fingerprint density at radius 3 is 2.82 bits per heavy atom. The minimum Gasteiger partial charge on any atom is -0.504 e. The Hall–Kier alpha value is -4.03. The molecule has 0 saturated heterocycles. The van der Waals surface area contributed by atoms with Gasteiger partial charge in [0.2, 0.25) is 0 Å². The van der Waals surface area contributed by atoms with Gasteiger partial charge in [0.25, 0.3) is 0 Å². The van der Waals surface area contributed by atoms with Gasteiger partial charge in [0.15, 0.2) is 17.3 Å². The van der Waals surface area contributed by atoms with Crippen molar-refractivity contribution in [1.82, 2.24) is 9.38 Å². The molecule has 0 fully saturated rings. The number of pyridine rings is 1. The van der Waals surface area contributed by atoms with E-state index < -0.39 is 0 Å². The van der Waals surface area contributed by atoms with Crippen LogP contribution in [0.1, 0.15) is 11.3 Å². The number of methoxy groups -OCH3 is 1. The molecule has 6 nitrogen and oxygen atoms in total. The molecule has 3 heterocycles. The highest BCUT2D eigenvalue weighted by Gasteiger charge is 2.15. The van der Waals surface area contributed by atoms with Crippen LogP contribution in [0.4, 0.5) is 5.82 Å². The number of rotatable bonds is 5. The van der Waals surface area contributed by atoms with E-state index in [0.717, 1.165) is 28.1 Å². The van der Waals surface area contributed by atoms with Gasteiger partial charge in [-0.25, -0.2) is 9.98 Å². The lowest BCUT2D eigenvalue weighted by Crippen LogP contribution is -1.86. The number of aromatic hydroxyl groups is 1. The molecule has 0 amide bonds. The number of imidazole rings is 1. The average molecular weight is 458 g/mol. The van der Waals surface area contributed by atoms with Crippen LogP contribution in [0.15, 0.2) is 82.3 Å². The number of aromatic nitrogens is 2. The van der Waals surface area contributed by atoms with Gasteiger partial charge >= 0.3 is 0 Å². The molecular weight excluding hydrogens is 438 g/mol. The first-order chi connectivity index (χ1) is 16.0. The maximum Gasteiger partial charge on any atom is 0.165 e. The molecule has 0 aliphatic rings. The Balaban J connectivity index is 1.56. The number of benzene rings is 2. The van der Waals surface area contributed by atoms with Crippen molar-refractivity contribution in [2.45, 2.75) is 6.92 Å². The van der Waals surface area contributed by atoms with E-state index in [0.29, 0.717) is 28.0 Å². The molecule has 5 rings (SSSR count). The zero-order chi connectivity index (χ0) is 22.9. The fourth-order valence-electron chi connectivity index (χ4n) is 3.69. The highest BCUT2D eigenvalue weighted by atomic mass is 35.5. The molecular formula is C26H20ClN3O3. The Morgan fingerprint density at radius 2 is 1.97 bits per heavy atom. The van der Waals surface area contributed by atoms with Gasteiger partial charge in [-0.15, -0.1) is 0 Å². The highest BCUT2D eigenvalue weighted by molar-refractivity contribution is 6.31.